The van der Waals surface area contributed by atoms with E-state index in [1.807, 2.05) is 0 Å². The third kappa shape index (κ3) is 2.31. The minimum atomic E-state index is -1.39. The third-order valence-electron chi connectivity index (χ3n) is 0.651. The maximum absolute atomic E-state index is 10.1. The number of nitrogens with one attached hydrogen (secondary N) is 1. The summed E-state index contributed by atoms with van der Waals surface area (Å²) in [7, 11) is 0. The van der Waals surface area contributed by atoms with Gasteiger partial charge in [-0.05, 0) is 6.92 Å². The van der Waals surface area contributed by atoms with Crippen LogP contribution in [-0.4, -0.2) is 28.8 Å². The number of rotatable bonds is 2. The van der Waals surface area contributed by atoms with Gasteiger partial charge in [-0.2, -0.15) is 0 Å². The number of guanidine groups is 1. The van der Waals surface area contributed by atoms with E-state index in [4.69, 9.17) is 16.2 Å². The molecule has 0 aromatic heterocycles. The normalized spacial score (nSPS) is 8.90. The van der Waals surface area contributed by atoms with Crippen LogP contribution in [0.2, 0.25) is 0 Å². The Bertz CT molecular complexity index is 133. The maximum atomic E-state index is 10.1. The Kier molecular flexibility index (Phi) is 3.20. The van der Waals surface area contributed by atoms with E-state index in [0.29, 0.717) is 5.06 Å². The van der Waals surface area contributed by atoms with Gasteiger partial charge in [0.2, 0.25) is 5.96 Å². The van der Waals surface area contributed by atoms with Gasteiger partial charge in [0, 0.05) is 0 Å². The molecule has 0 fully saturated rings. The van der Waals surface area contributed by atoms with Crippen molar-refractivity contribution in [3.63, 3.8) is 0 Å². The van der Waals surface area contributed by atoms with Crippen molar-refractivity contribution < 1.29 is 14.7 Å². The van der Waals surface area contributed by atoms with Crippen LogP contribution in [-0.2, 0) is 4.84 Å². The number of amides is 1. The molecule has 1 amide bonds. The van der Waals surface area contributed by atoms with Crippen molar-refractivity contribution in [2.45, 2.75) is 6.92 Å². The van der Waals surface area contributed by atoms with Crippen LogP contribution in [0.25, 0.3) is 0 Å². The van der Waals surface area contributed by atoms with E-state index in [1.165, 1.54) is 0 Å². The summed E-state index contributed by atoms with van der Waals surface area (Å²) < 4.78 is 0. The van der Waals surface area contributed by atoms with Crippen LogP contribution in [0.4, 0.5) is 4.79 Å². The van der Waals surface area contributed by atoms with Gasteiger partial charge in [0.25, 0.3) is 0 Å². The second-order valence-electron chi connectivity index (χ2n) is 1.38. The first kappa shape index (κ1) is 8.70. The molecular weight excluding hydrogens is 138 g/mol. The number of carboxylic acid groups (broad SMARTS) is 1. The zero-order chi connectivity index (χ0) is 8.15. The fourth-order valence-corrected chi connectivity index (χ4v) is 0.357. The number of hydrogen-bond acceptors (Lipinski definition) is 3. The van der Waals surface area contributed by atoms with Crippen LogP contribution in [0, 0.1) is 5.41 Å². The molecule has 0 unspecified atom stereocenters. The van der Waals surface area contributed by atoms with E-state index in [9.17, 15) is 4.79 Å². The highest BCUT2D eigenvalue weighted by Gasteiger charge is 2.14. The molecule has 58 valence electrons. The lowest BCUT2D eigenvalue weighted by molar-refractivity contribution is -0.0724. The van der Waals surface area contributed by atoms with Gasteiger partial charge in [-0.1, -0.05) is 0 Å². The molecule has 0 atom stereocenters. The molecule has 0 aromatic carbocycles. The fourth-order valence-electron chi connectivity index (χ4n) is 0.357. The zero-order valence-corrected chi connectivity index (χ0v) is 5.50. The second-order valence-corrected chi connectivity index (χ2v) is 1.38. The van der Waals surface area contributed by atoms with Crippen molar-refractivity contribution in [2.24, 2.45) is 5.73 Å². The van der Waals surface area contributed by atoms with Gasteiger partial charge >= 0.3 is 6.09 Å². The first-order chi connectivity index (χ1) is 4.59. The molecule has 0 saturated carbocycles. The Morgan fingerprint density at radius 3 is 2.50 bits per heavy atom. The van der Waals surface area contributed by atoms with E-state index in [2.05, 4.69) is 4.84 Å². The molecule has 6 nitrogen and oxygen atoms in total. The second kappa shape index (κ2) is 3.67. The highest BCUT2D eigenvalue weighted by molar-refractivity contribution is 5.88. The third-order valence-corrected chi connectivity index (χ3v) is 0.651. The smallest absolute Gasteiger partial charge is 0.439 e. The van der Waals surface area contributed by atoms with Crippen LogP contribution < -0.4 is 5.73 Å². The summed E-state index contributed by atoms with van der Waals surface area (Å²) in [5.41, 5.74) is 4.83. The molecule has 0 saturated heterocycles. The monoisotopic (exact) mass is 147 g/mol. The Hall–Kier alpha value is -1.30. The van der Waals surface area contributed by atoms with Crippen molar-refractivity contribution >= 4 is 12.1 Å². The molecule has 0 aliphatic carbocycles. The average molecular weight is 147 g/mol. The Morgan fingerprint density at radius 1 is 1.90 bits per heavy atom. The van der Waals surface area contributed by atoms with Crippen LogP contribution >= 0.6 is 0 Å². The number of hydroxylamine groups is 2. The summed E-state index contributed by atoms with van der Waals surface area (Å²) in [5, 5.41) is 15.2. The number of nitrogens with zero attached hydrogens (tertiary/aromatic N) is 1. The van der Waals surface area contributed by atoms with Crippen LogP contribution in [0.1, 0.15) is 6.92 Å². The minimum absolute atomic E-state index is 0.159. The predicted octanol–water partition coefficient (Wildman–Crippen LogP) is -0.189. The lowest BCUT2D eigenvalue weighted by Gasteiger charge is -2.13. The van der Waals surface area contributed by atoms with Crippen LogP contribution in [0.15, 0.2) is 0 Å². The molecular formula is C4H9N3O3. The zero-order valence-electron chi connectivity index (χ0n) is 5.50. The average Bonchev–Trinajstić information content (AvgIpc) is 1.81. The predicted molar refractivity (Wildman–Crippen MR) is 33.4 cm³/mol. The molecule has 10 heavy (non-hydrogen) atoms. The lowest BCUT2D eigenvalue weighted by atomic mass is 10.9. The minimum Gasteiger partial charge on any atom is -0.463 e. The lowest BCUT2D eigenvalue weighted by Crippen LogP contribution is -2.40. The molecule has 0 heterocycles. The van der Waals surface area contributed by atoms with E-state index < -0.39 is 12.1 Å². The first-order valence-electron chi connectivity index (χ1n) is 2.59. The van der Waals surface area contributed by atoms with Crippen molar-refractivity contribution in [1.82, 2.24) is 5.06 Å². The summed E-state index contributed by atoms with van der Waals surface area (Å²) in [5.74, 6) is -0.644. The Labute approximate surface area is 57.6 Å². The fraction of sp³-hybridized carbons (Fsp3) is 0.500. The maximum Gasteiger partial charge on any atom is 0.439 e. The van der Waals surface area contributed by atoms with E-state index in [0.717, 1.165) is 0 Å². The Balaban J connectivity index is 3.98. The summed E-state index contributed by atoms with van der Waals surface area (Å²) >= 11 is 0. The number of nitrogens with two attached hydrogens (primary N) is 1. The molecule has 0 aliphatic rings. The van der Waals surface area contributed by atoms with Gasteiger partial charge in [0.05, 0.1) is 6.61 Å². The van der Waals surface area contributed by atoms with Gasteiger partial charge < -0.3 is 10.8 Å². The molecule has 4 N–H and O–H groups in total. The van der Waals surface area contributed by atoms with Crippen LogP contribution in [0.3, 0.4) is 0 Å². The first-order valence-corrected chi connectivity index (χ1v) is 2.59. The summed E-state index contributed by atoms with van der Waals surface area (Å²) in [6, 6.07) is 0. The number of hydrogen-bond donors (Lipinski definition) is 3. The van der Waals surface area contributed by atoms with E-state index in [-0.39, 0.29) is 6.61 Å². The molecule has 0 bridgehead atoms. The van der Waals surface area contributed by atoms with Gasteiger partial charge in [-0.25, -0.2) is 4.79 Å². The number of carbonyl (C=O) groups is 1. The van der Waals surface area contributed by atoms with E-state index >= 15 is 0 Å². The largest absolute Gasteiger partial charge is 0.463 e. The van der Waals surface area contributed by atoms with Gasteiger partial charge in [-0.15, -0.1) is 5.06 Å². The standard InChI is InChI=1S/C4H9N3O3/c1-2-10-7(3(5)6)4(8)9/h2H2,1H3,(H3,5,6)(H,8,9). The molecule has 0 rings (SSSR count). The van der Waals surface area contributed by atoms with E-state index in [1.54, 1.807) is 6.92 Å². The van der Waals surface area contributed by atoms with Crippen LogP contribution in [0.5, 0.6) is 0 Å². The molecule has 0 aliphatic heterocycles. The van der Waals surface area contributed by atoms with Crippen molar-refractivity contribution in [2.75, 3.05) is 6.61 Å². The van der Waals surface area contributed by atoms with Crippen molar-refractivity contribution in [3.05, 3.63) is 0 Å². The summed E-state index contributed by atoms with van der Waals surface area (Å²) in [6.45, 7) is 1.75. The highest BCUT2D eigenvalue weighted by Crippen LogP contribution is 1.88. The quantitative estimate of drug-likeness (QED) is 0.286. The molecule has 6 heteroatoms. The summed E-state index contributed by atoms with van der Waals surface area (Å²) in [6.07, 6.45) is -1.39. The summed E-state index contributed by atoms with van der Waals surface area (Å²) in [4.78, 5) is 14.6. The molecule has 0 spiro atoms. The Morgan fingerprint density at radius 2 is 2.40 bits per heavy atom. The molecule has 0 radical (unpaired) electrons. The van der Waals surface area contributed by atoms with Crippen molar-refractivity contribution in [3.8, 4) is 0 Å². The topological polar surface area (TPSA) is 99.6 Å². The van der Waals surface area contributed by atoms with Gasteiger partial charge in [0.15, 0.2) is 0 Å². The highest BCUT2D eigenvalue weighted by atomic mass is 16.7. The SMILES string of the molecule is CCON(C(=N)N)C(=O)O. The molecule has 0 aromatic rings. The van der Waals surface area contributed by atoms with Crippen molar-refractivity contribution in [1.29, 1.82) is 5.41 Å². The van der Waals surface area contributed by atoms with Gasteiger partial charge in [-0.3, -0.25) is 10.2 Å². The van der Waals surface area contributed by atoms with Gasteiger partial charge in [0.1, 0.15) is 0 Å².